The molecule has 0 aromatic heterocycles. The summed E-state index contributed by atoms with van der Waals surface area (Å²) < 4.78 is 0. The Morgan fingerprint density at radius 1 is 1.15 bits per heavy atom. The number of hydrogen-bond acceptors (Lipinski definition) is 2. The maximum atomic E-state index is 11.5. The average Bonchev–Trinajstić information content (AvgIpc) is 2.61. The fourth-order valence-corrected chi connectivity index (χ4v) is 3.96. The van der Waals surface area contributed by atoms with Crippen molar-refractivity contribution in [2.45, 2.75) is 38.5 Å². The summed E-state index contributed by atoms with van der Waals surface area (Å²) in [5, 5.41) is 4.21. The van der Waals surface area contributed by atoms with Crippen LogP contribution in [0.1, 0.15) is 38.7 Å². The van der Waals surface area contributed by atoms with Gasteiger partial charge < -0.3 is 15.1 Å². The molecule has 0 spiro atoms. The molecule has 1 saturated heterocycles. The number of carbonyl (C=O) groups is 1. The highest BCUT2D eigenvalue weighted by Crippen LogP contribution is 2.44. The van der Waals surface area contributed by atoms with Crippen LogP contribution in [0.2, 0.25) is 5.02 Å². The summed E-state index contributed by atoms with van der Waals surface area (Å²) in [7, 11) is 0. The van der Waals surface area contributed by atoms with E-state index in [4.69, 9.17) is 16.6 Å². The van der Waals surface area contributed by atoms with Crippen molar-refractivity contribution < 1.29 is 4.79 Å². The van der Waals surface area contributed by atoms with Gasteiger partial charge >= 0.3 is 0 Å². The van der Waals surface area contributed by atoms with Gasteiger partial charge in [0.25, 0.3) is 0 Å². The average molecular weight is 505 g/mol. The fraction of sp³-hybridized carbons (Fsp3) is 0.600. The van der Waals surface area contributed by atoms with Gasteiger partial charge in [0.05, 0.1) is 6.54 Å². The molecular formula is C20H30ClIN4O. The van der Waals surface area contributed by atoms with Gasteiger partial charge in [0.15, 0.2) is 5.96 Å². The molecule has 1 saturated carbocycles. The van der Waals surface area contributed by atoms with Crippen LogP contribution in [-0.2, 0) is 10.2 Å². The first-order valence-electron chi connectivity index (χ1n) is 9.59. The van der Waals surface area contributed by atoms with Crippen molar-refractivity contribution in [2.24, 2.45) is 4.99 Å². The van der Waals surface area contributed by atoms with Crippen LogP contribution in [0.25, 0.3) is 0 Å². The third-order valence-electron chi connectivity index (χ3n) is 5.66. The molecule has 150 valence electrons. The molecule has 3 rings (SSSR count). The van der Waals surface area contributed by atoms with E-state index < -0.39 is 0 Å². The zero-order valence-corrected chi connectivity index (χ0v) is 19.3. The third-order valence-corrected chi connectivity index (χ3v) is 5.91. The lowest BCUT2D eigenvalue weighted by atomic mass is 9.64. The standard InChI is InChI=1S/C20H29ClN4O.HI/c1-3-22-19(25-13-11-24(12-14-25)16(2)26)23-15-20(9-4-10-20)17-5-7-18(21)8-6-17;/h5-8H,3-4,9-15H2,1-2H3,(H,22,23);1H. The number of benzene rings is 1. The predicted octanol–water partition coefficient (Wildman–Crippen LogP) is 3.51. The highest BCUT2D eigenvalue weighted by Gasteiger charge is 2.38. The quantitative estimate of drug-likeness (QED) is 0.388. The van der Waals surface area contributed by atoms with E-state index in [0.29, 0.717) is 0 Å². The molecule has 1 aliphatic heterocycles. The van der Waals surface area contributed by atoms with Crippen molar-refractivity contribution >= 4 is 47.4 Å². The van der Waals surface area contributed by atoms with Gasteiger partial charge in [0.2, 0.25) is 5.91 Å². The van der Waals surface area contributed by atoms with E-state index in [2.05, 4.69) is 29.3 Å². The number of halogens is 2. The lowest BCUT2D eigenvalue weighted by Crippen LogP contribution is -2.53. The maximum absolute atomic E-state index is 11.5. The number of guanidine groups is 1. The smallest absolute Gasteiger partial charge is 0.219 e. The molecular weight excluding hydrogens is 475 g/mol. The van der Waals surface area contributed by atoms with Gasteiger partial charge in [-0.3, -0.25) is 9.79 Å². The van der Waals surface area contributed by atoms with Gasteiger partial charge in [-0.2, -0.15) is 0 Å². The Morgan fingerprint density at radius 2 is 1.74 bits per heavy atom. The lowest BCUT2D eigenvalue weighted by Gasteiger charge is -2.42. The molecule has 1 heterocycles. The Kier molecular flexibility index (Phi) is 8.21. The topological polar surface area (TPSA) is 47.9 Å². The third kappa shape index (κ3) is 5.28. The van der Waals surface area contributed by atoms with Gasteiger partial charge in [0, 0.05) is 50.1 Å². The molecule has 7 heteroatoms. The number of hydrogen-bond donors (Lipinski definition) is 1. The zero-order chi connectivity index (χ0) is 18.6. The van der Waals surface area contributed by atoms with E-state index in [1.54, 1.807) is 6.92 Å². The van der Waals surface area contributed by atoms with E-state index in [0.717, 1.165) is 50.3 Å². The first-order chi connectivity index (χ1) is 12.5. The minimum absolute atomic E-state index is 0. The molecule has 5 nitrogen and oxygen atoms in total. The number of carbonyl (C=O) groups excluding carboxylic acids is 1. The summed E-state index contributed by atoms with van der Waals surface area (Å²) in [5.74, 6) is 1.12. The second kappa shape index (κ2) is 9.96. The summed E-state index contributed by atoms with van der Waals surface area (Å²) in [6.45, 7) is 8.58. The summed E-state index contributed by atoms with van der Waals surface area (Å²) in [6, 6.07) is 8.25. The summed E-state index contributed by atoms with van der Waals surface area (Å²) >= 11 is 6.06. The van der Waals surface area contributed by atoms with Gasteiger partial charge in [-0.1, -0.05) is 30.2 Å². The SMILES string of the molecule is CCNC(=NCC1(c2ccc(Cl)cc2)CCC1)N1CCN(C(C)=O)CC1.I. The predicted molar refractivity (Wildman–Crippen MR) is 122 cm³/mol. The first-order valence-corrected chi connectivity index (χ1v) is 9.97. The Balaban J connectivity index is 0.00000261. The monoisotopic (exact) mass is 504 g/mol. The molecule has 27 heavy (non-hydrogen) atoms. The minimum Gasteiger partial charge on any atom is -0.357 e. The van der Waals surface area contributed by atoms with Crippen molar-refractivity contribution in [1.29, 1.82) is 0 Å². The Labute approximate surface area is 184 Å². The second-order valence-electron chi connectivity index (χ2n) is 7.30. The molecule has 0 atom stereocenters. The van der Waals surface area contributed by atoms with Crippen LogP contribution in [0.4, 0.5) is 0 Å². The normalized spacial score (nSPS) is 19.1. The number of amides is 1. The molecule has 2 fully saturated rings. The first kappa shape index (κ1) is 22.3. The van der Waals surface area contributed by atoms with Gasteiger partial charge in [-0.25, -0.2) is 0 Å². The van der Waals surface area contributed by atoms with Gasteiger partial charge in [-0.05, 0) is 37.5 Å². The van der Waals surface area contributed by atoms with Crippen LogP contribution in [0.3, 0.4) is 0 Å². The van der Waals surface area contributed by atoms with Crippen LogP contribution in [0.5, 0.6) is 0 Å². The van der Waals surface area contributed by atoms with Crippen LogP contribution < -0.4 is 5.32 Å². The van der Waals surface area contributed by atoms with Crippen molar-refractivity contribution in [3.05, 3.63) is 34.9 Å². The molecule has 1 N–H and O–H groups in total. The second-order valence-corrected chi connectivity index (χ2v) is 7.74. The molecule has 1 amide bonds. The van der Waals surface area contributed by atoms with Gasteiger partial charge in [-0.15, -0.1) is 24.0 Å². The molecule has 1 aliphatic carbocycles. The summed E-state index contributed by atoms with van der Waals surface area (Å²) in [5.41, 5.74) is 1.49. The highest BCUT2D eigenvalue weighted by molar-refractivity contribution is 14.0. The van der Waals surface area contributed by atoms with E-state index >= 15 is 0 Å². The van der Waals surface area contributed by atoms with E-state index in [-0.39, 0.29) is 35.3 Å². The van der Waals surface area contributed by atoms with Crippen LogP contribution in [0, 0.1) is 0 Å². The molecule has 1 aromatic rings. The number of piperazine rings is 1. The lowest BCUT2D eigenvalue weighted by molar-refractivity contribution is -0.130. The van der Waals surface area contributed by atoms with Crippen molar-refractivity contribution in [1.82, 2.24) is 15.1 Å². The van der Waals surface area contributed by atoms with Crippen molar-refractivity contribution in [3.8, 4) is 0 Å². The van der Waals surface area contributed by atoms with Crippen LogP contribution >= 0.6 is 35.6 Å². The largest absolute Gasteiger partial charge is 0.357 e. The van der Waals surface area contributed by atoms with Crippen molar-refractivity contribution in [3.63, 3.8) is 0 Å². The Morgan fingerprint density at radius 3 is 2.22 bits per heavy atom. The summed E-state index contributed by atoms with van der Waals surface area (Å²) in [4.78, 5) is 20.7. The van der Waals surface area contributed by atoms with E-state index in [9.17, 15) is 4.79 Å². The number of nitrogens with one attached hydrogen (secondary N) is 1. The highest BCUT2D eigenvalue weighted by atomic mass is 127. The maximum Gasteiger partial charge on any atom is 0.219 e. The van der Waals surface area contributed by atoms with E-state index in [1.807, 2.05) is 17.0 Å². The number of rotatable bonds is 4. The van der Waals surface area contributed by atoms with Gasteiger partial charge in [0.1, 0.15) is 0 Å². The molecule has 0 unspecified atom stereocenters. The minimum atomic E-state index is 0. The van der Waals surface area contributed by atoms with Crippen molar-refractivity contribution in [2.75, 3.05) is 39.3 Å². The summed E-state index contributed by atoms with van der Waals surface area (Å²) in [6.07, 6.45) is 3.61. The van der Waals surface area contributed by atoms with E-state index in [1.165, 1.54) is 24.8 Å². The Bertz CT molecular complexity index is 652. The number of nitrogens with zero attached hydrogens (tertiary/aromatic N) is 3. The molecule has 1 aromatic carbocycles. The van der Waals surface area contributed by atoms with Crippen LogP contribution in [-0.4, -0.2) is 60.9 Å². The Hall–Kier alpha value is -1.02. The molecule has 0 bridgehead atoms. The fourth-order valence-electron chi connectivity index (χ4n) is 3.83. The zero-order valence-electron chi connectivity index (χ0n) is 16.2. The molecule has 0 radical (unpaired) electrons. The van der Waals surface area contributed by atoms with Crippen LogP contribution in [0.15, 0.2) is 29.3 Å². The number of aliphatic imine (C=N–C) groups is 1. The molecule has 2 aliphatic rings.